The molecule has 0 heterocycles. The van der Waals surface area contributed by atoms with Crippen molar-refractivity contribution in [3.63, 3.8) is 0 Å². The van der Waals surface area contributed by atoms with Crippen LogP contribution in [0.15, 0.2) is 53.4 Å². The summed E-state index contributed by atoms with van der Waals surface area (Å²) in [4.78, 5) is 23.9. The van der Waals surface area contributed by atoms with Crippen LogP contribution in [-0.2, 0) is 25.0 Å². The minimum atomic E-state index is -4.07. The first kappa shape index (κ1) is 19.6. The second kappa shape index (κ2) is 7.44. The van der Waals surface area contributed by atoms with Gasteiger partial charge >= 0.3 is 0 Å². The molecule has 0 atom stereocenters. The molecule has 0 unspecified atom stereocenters. The summed E-state index contributed by atoms with van der Waals surface area (Å²) < 4.78 is 27.5. The number of hydrogen-bond donors (Lipinski definition) is 2. The largest absolute Gasteiger partial charge is 0.326 e. The van der Waals surface area contributed by atoms with Gasteiger partial charge in [0.15, 0.2) is 0 Å². The van der Waals surface area contributed by atoms with Crippen molar-refractivity contribution in [3.05, 3.63) is 59.7 Å². The van der Waals surface area contributed by atoms with Crippen molar-refractivity contribution in [2.75, 3.05) is 5.32 Å². The number of nitrogens with zero attached hydrogens (tertiary/aromatic N) is 1. The molecule has 0 aliphatic heterocycles. The van der Waals surface area contributed by atoms with Crippen LogP contribution in [0.4, 0.5) is 5.69 Å². The normalized spacial score (nSPS) is 15.0. The highest BCUT2D eigenvalue weighted by Gasteiger charge is 2.47. The minimum absolute atomic E-state index is 0.0739. The molecule has 1 saturated carbocycles. The van der Waals surface area contributed by atoms with Gasteiger partial charge in [0.1, 0.15) is 0 Å². The zero-order chi connectivity index (χ0) is 20.4. The Bertz CT molecular complexity index is 1070. The van der Waals surface area contributed by atoms with Gasteiger partial charge in [0, 0.05) is 12.6 Å². The van der Waals surface area contributed by atoms with Crippen molar-refractivity contribution in [3.8, 4) is 6.07 Å². The molecule has 1 fully saturated rings. The van der Waals surface area contributed by atoms with Gasteiger partial charge in [-0.25, -0.2) is 13.1 Å². The van der Waals surface area contributed by atoms with Gasteiger partial charge in [0.05, 0.1) is 21.9 Å². The van der Waals surface area contributed by atoms with Gasteiger partial charge in [-0.15, -0.1) is 0 Å². The number of anilines is 1. The van der Waals surface area contributed by atoms with Crippen LogP contribution in [0.2, 0.25) is 0 Å². The molecule has 7 nitrogen and oxygen atoms in total. The van der Waals surface area contributed by atoms with Crippen LogP contribution in [0, 0.1) is 11.3 Å². The van der Waals surface area contributed by atoms with Gasteiger partial charge in [-0.3, -0.25) is 9.59 Å². The fourth-order valence-corrected chi connectivity index (χ4v) is 4.31. The second-order valence-corrected chi connectivity index (χ2v) is 8.45. The number of benzene rings is 2. The maximum absolute atomic E-state index is 12.9. The Morgan fingerprint density at radius 1 is 1.11 bits per heavy atom. The van der Waals surface area contributed by atoms with E-state index < -0.39 is 21.3 Å². The Balaban J connectivity index is 1.84. The maximum atomic E-state index is 12.9. The topological polar surface area (TPSA) is 116 Å². The number of nitrogens with one attached hydrogen (secondary N) is 2. The fraction of sp³-hybridized carbons (Fsp3) is 0.250. The fourth-order valence-electron chi connectivity index (χ4n) is 3.26. The molecule has 1 aliphatic carbocycles. The molecule has 0 aromatic heterocycles. The van der Waals surface area contributed by atoms with E-state index in [1.807, 2.05) is 6.07 Å². The molecule has 3 rings (SSSR count). The third-order valence-electron chi connectivity index (χ3n) is 4.90. The van der Waals surface area contributed by atoms with E-state index in [4.69, 9.17) is 5.26 Å². The summed E-state index contributed by atoms with van der Waals surface area (Å²) in [5, 5.41) is 11.6. The summed E-state index contributed by atoms with van der Waals surface area (Å²) in [6.07, 6.45) is 1.84. The Labute approximate surface area is 163 Å². The van der Waals surface area contributed by atoms with E-state index in [2.05, 4.69) is 10.0 Å². The number of hydrogen-bond acceptors (Lipinski definition) is 5. The summed E-state index contributed by atoms with van der Waals surface area (Å²) in [6.45, 7) is 1.35. The summed E-state index contributed by atoms with van der Waals surface area (Å²) >= 11 is 0. The summed E-state index contributed by atoms with van der Waals surface area (Å²) in [6, 6.07) is 14.3. The zero-order valence-electron chi connectivity index (χ0n) is 15.2. The highest BCUT2D eigenvalue weighted by atomic mass is 32.2. The predicted octanol–water partition coefficient (Wildman–Crippen LogP) is 2.44. The molecule has 2 amide bonds. The molecule has 8 heteroatoms. The quantitative estimate of drug-likeness (QED) is 0.804. The number of carbonyl (C=O) groups is 2. The molecule has 0 bridgehead atoms. The molecule has 0 radical (unpaired) electrons. The van der Waals surface area contributed by atoms with Gasteiger partial charge in [0.25, 0.3) is 10.0 Å². The molecule has 28 heavy (non-hydrogen) atoms. The molecular formula is C20H19N3O4S. The molecule has 0 spiro atoms. The first-order valence-electron chi connectivity index (χ1n) is 8.72. The van der Waals surface area contributed by atoms with E-state index in [-0.39, 0.29) is 10.8 Å². The summed E-state index contributed by atoms with van der Waals surface area (Å²) in [5.41, 5.74) is 0.580. The molecule has 144 valence electrons. The van der Waals surface area contributed by atoms with Crippen LogP contribution in [0.1, 0.15) is 37.3 Å². The third kappa shape index (κ3) is 3.75. The van der Waals surface area contributed by atoms with Crippen molar-refractivity contribution in [2.45, 2.75) is 36.5 Å². The van der Waals surface area contributed by atoms with Gasteiger partial charge in [-0.2, -0.15) is 5.26 Å². The Morgan fingerprint density at radius 2 is 1.79 bits per heavy atom. The lowest BCUT2D eigenvalue weighted by molar-refractivity contribution is -0.128. The van der Waals surface area contributed by atoms with Crippen molar-refractivity contribution in [1.29, 1.82) is 5.26 Å². The molecule has 1 aliphatic rings. The second-order valence-electron chi connectivity index (χ2n) is 6.77. The van der Waals surface area contributed by atoms with Crippen LogP contribution in [0.25, 0.3) is 0 Å². The van der Waals surface area contributed by atoms with Gasteiger partial charge < -0.3 is 5.32 Å². The Hall–Kier alpha value is -3.18. The van der Waals surface area contributed by atoms with Crippen molar-refractivity contribution in [2.24, 2.45) is 0 Å². The summed E-state index contributed by atoms with van der Waals surface area (Å²) in [5.74, 6) is -0.866. The first-order chi connectivity index (χ1) is 13.3. The van der Waals surface area contributed by atoms with Gasteiger partial charge in [0.2, 0.25) is 11.8 Å². The predicted molar refractivity (Wildman–Crippen MR) is 103 cm³/mol. The lowest BCUT2D eigenvalue weighted by Gasteiger charge is -2.40. The Kier molecular flexibility index (Phi) is 5.21. The van der Waals surface area contributed by atoms with Crippen LogP contribution < -0.4 is 10.0 Å². The standard InChI is InChI=1S/C20H19N3O4S/c1-14(24)22-17-6-8-18(9-7-17)28(26,27)23-19(25)20(10-3-11-20)16-5-2-4-15(12-16)13-21/h2,4-9,12H,3,10-11H2,1H3,(H,22,24)(H,23,25). The number of rotatable bonds is 5. The number of nitriles is 1. The van der Waals surface area contributed by atoms with E-state index in [0.29, 0.717) is 29.7 Å². The lowest BCUT2D eigenvalue weighted by atomic mass is 9.64. The highest BCUT2D eigenvalue weighted by molar-refractivity contribution is 7.90. The van der Waals surface area contributed by atoms with E-state index in [1.165, 1.54) is 31.2 Å². The van der Waals surface area contributed by atoms with Crippen LogP contribution in [-0.4, -0.2) is 20.2 Å². The molecule has 2 aromatic rings. The smallest absolute Gasteiger partial charge is 0.264 e. The van der Waals surface area contributed by atoms with Crippen molar-refractivity contribution in [1.82, 2.24) is 4.72 Å². The number of sulfonamides is 1. The van der Waals surface area contributed by atoms with E-state index in [9.17, 15) is 18.0 Å². The summed E-state index contributed by atoms with van der Waals surface area (Å²) in [7, 11) is -4.07. The highest BCUT2D eigenvalue weighted by Crippen LogP contribution is 2.44. The van der Waals surface area contributed by atoms with E-state index in [1.54, 1.807) is 24.3 Å². The van der Waals surface area contributed by atoms with Crippen molar-refractivity contribution < 1.29 is 18.0 Å². The maximum Gasteiger partial charge on any atom is 0.264 e. The first-order valence-corrected chi connectivity index (χ1v) is 10.2. The van der Waals surface area contributed by atoms with Gasteiger partial charge in [-0.1, -0.05) is 18.6 Å². The van der Waals surface area contributed by atoms with Gasteiger partial charge in [-0.05, 0) is 54.8 Å². The number of carbonyl (C=O) groups excluding carboxylic acids is 2. The van der Waals surface area contributed by atoms with E-state index in [0.717, 1.165) is 6.42 Å². The SMILES string of the molecule is CC(=O)Nc1ccc(S(=O)(=O)NC(=O)C2(c3cccc(C#N)c3)CCC2)cc1. The Morgan fingerprint density at radius 3 is 2.32 bits per heavy atom. The molecule has 0 saturated heterocycles. The monoisotopic (exact) mass is 397 g/mol. The minimum Gasteiger partial charge on any atom is -0.326 e. The molecule has 2 N–H and O–H groups in total. The average molecular weight is 397 g/mol. The lowest BCUT2D eigenvalue weighted by Crippen LogP contribution is -2.50. The average Bonchev–Trinajstić information content (AvgIpc) is 2.60. The van der Waals surface area contributed by atoms with Crippen LogP contribution in [0.5, 0.6) is 0 Å². The number of amides is 2. The third-order valence-corrected chi connectivity index (χ3v) is 6.24. The molecule has 2 aromatic carbocycles. The zero-order valence-corrected chi connectivity index (χ0v) is 16.0. The van der Waals surface area contributed by atoms with Crippen molar-refractivity contribution >= 4 is 27.5 Å². The van der Waals surface area contributed by atoms with Crippen LogP contribution in [0.3, 0.4) is 0 Å². The van der Waals surface area contributed by atoms with Crippen LogP contribution >= 0.6 is 0 Å². The van der Waals surface area contributed by atoms with E-state index >= 15 is 0 Å². The molecular weight excluding hydrogens is 378 g/mol.